The molecule has 0 radical (unpaired) electrons. The van der Waals surface area contributed by atoms with Gasteiger partial charge in [0.1, 0.15) is 0 Å². The number of nitrogens with two attached hydrogens (primary N) is 1. The van der Waals surface area contributed by atoms with Gasteiger partial charge in [-0.3, -0.25) is 0 Å². The summed E-state index contributed by atoms with van der Waals surface area (Å²) in [7, 11) is 0. The third-order valence-electron chi connectivity index (χ3n) is 3.73. The van der Waals surface area contributed by atoms with Crippen LogP contribution in [0.3, 0.4) is 0 Å². The molecule has 0 aromatic carbocycles. The Morgan fingerprint density at radius 2 is 2.18 bits per heavy atom. The van der Waals surface area contributed by atoms with Crippen molar-refractivity contribution in [1.29, 1.82) is 0 Å². The molecular weight excluding hydrogens is 212 g/mol. The van der Waals surface area contributed by atoms with Crippen LogP contribution in [-0.4, -0.2) is 21.6 Å². The normalized spacial score (nSPS) is 19.4. The van der Waals surface area contributed by atoms with E-state index in [0.717, 1.165) is 18.8 Å². The average Bonchev–Trinajstić information content (AvgIpc) is 2.76. The molecule has 0 saturated heterocycles. The molecule has 1 aromatic heterocycles. The monoisotopic (exact) mass is 236 g/mol. The van der Waals surface area contributed by atoms with Crippen LogP contribution in [0.5, 0.6) is 0 Å². The van der Waals surface area contributed by atoms with Crippen LogP contribution in [0.15, 0.2) is 12.5 Å². The molecule has 1 fully saturated rings. The highest BCUT2D eigenvalue weighted by molar-refractivity contribution is 4.98. The molecule has 4 nitrogen and oxygen atoms in total. The molecule has 0 aliphatic heterocycles. The minimum Gasteiger partial charge on any atom is -0.336 e. The quantitative estimate of drug-likeness (QED) is 0.817. The summed E-state index contributed by atoms with van der Waals surface area (Å²) in [6, 6.07) is 0. The Bertz CT molecular complexity index is 339. The van der Waals surface area contributed by atoms with Gasteiger partial charge in [0.15, 0.2) is 0 Å². The van der Waals surface area contributed by atoms with Crippen molar-refractivity contribution < 1.29 is 0 Å². The lowest BCUT2D eigenvalue weighted by Crippen LogP contribution is -2.43. The van der Waals surface area contributed by atoms with E-state index in [4.69, 9.17) is 5.73 Å². The minimum absolute atomic E-state index is 0.315. The number of imidazole rings is 1. The van der Waals surface area contributed by atoms with Crippen LogP contribution in [0.4, 0.5) is 0 Å². The molecule has 17 heavy (non-hydrogen) atoms. The van der Waals surface area contributed by atoms with Gasteiger partial charge in [0.2, 0.25) is 0 Å². The Morgan fingerprint density at radius 3 is 2.88 bits per heavy atom. The van der Waals surface area contributed by atoms with E-state index in [-0.39, 0.29) is 0 Å². The summed E-state index contributed by atoms with van der Waals surface area (Å²) in [6.07, 6.45) is 10.6. The number of nitrogens with one attached hydrogen (secondary N) is 1. The summed E-state index contributed by atoms with van der Waals surface area (Å²) in [5, 5.41) is 3.66. The second-order valence-electron chi connectivity index (χ2n) is 5.37. The zero-order valence-corrected chi connectivity index (χ0v) is 10.8. The predicted octanol–water partition coefficient (Wildman–Crippen LogP) is 1.65. The molecule has 3 N–H and O–H groups in total. The Balaban J connectivity index is 1.83. The van der Waals surface area contributed by atoms with E-state index in [0.29, 0.717) is 12.1 Å². The molecule has 0 amide bonds. The maximum atomic E-state index is 5.52. The molecule has 0 spiro atoms. The van der Waals surface area contributed by atoms with Gasteiger partial charge in [-0.2, -0.15) is 0 Å². The molecule has 1 heterocycles. The van der Waals surface area contributed by atoms with Gasteiger partial charge in [-0.25, -0.2) is 4.98 Å². The highest BCUT2D eigenvalue weighted by Crippen LogP contribution is 2.27. The first-order chi connectivity index (χ1) is 8.22. The molecule has 0 unspecified atom stereocenters. The van der Waals surface area contributed by atoms with Crippen molar-refractivity contribution >= 4 is 0 Å². The van der Waals surface area contributed by atoms with Crippen molar-refractivity contribution in [2.45, 2.75) is 57.7 Å². The number of aromatic nitrogens is 2. The summed E-state index contributed by atoms with van der Waals surface area (Å²) in [6.45, 7) is 4.72. The topological polar surface area (TPSA) is 55.9 Å². The van der Waals surface area contributed by atoms with E-state index < -0.39 is 0 Å². The summed E-state index contributed by atoms with van der Waals surface area (Å²) in [5.74, 6) is 0. The molecule has 1 aliphatic carbocycles. The molecule has 1 aliphatic rings. The maximum absolute atomic E-state index is 5.52. The number of hydrogen-bond acceptors (Lipinski definition) is 3. The standard InChI is InChI=1S/C13H24N4/c1-13(5-3-2-4-6-13)16-9-12-10-17(8-7-14)11-15-12/h10-11,16H,2-9,14H2,1H3. The van der Waals surface area contributed by atoms with Gasteiger partial charge in [-0.1, -0.05) is 19.3 Å². The zero-order chi connectivity index (χ0) is 12.1. The van der Waals surface area contributed by atoms with E-state index in [1.54, 1.807) is 0 Å². The first-order valence-corrected chi connectivity index (χ1v) is 6.68. The van der Waals surface area contributed by atoms with Crippen LogP contribution in [0, 0.1) is 0 Å². The van der Waals surface area contributed by atoms with Gasteiger partial charge < -0.3 is 15.6 Å². The molecule has 2 rings (SSSR count). The molecular formula is C13H24N4. The fourth-order valence-corrected chi connectivity index (χ4v) is 2.58. The average molecular weight is 236 g/mol. The van der Waals surface area contributed by atoms with Gasteiger partial charge in [-0.15, -0.1) is 0 Å². The first kappa shape index (κ1) is 12.6. The summed E-state index contributed by atoms with van der Waals surface area (Å²) in [5.41, 5.74) is 6.95. The minimum atomic E-state index is 0.315. The van der Waals surface area contributed by atoms with Crippen molar-refractivity contribution in [3.8, 4) is 0 Å². The fraction of sp³-hybridized carbons (Fsp3) is 0.769. The lowest BCUT2D eigenvalue weighted by molar-refractivity contribution is 0.251. The molecule has 4 heteroatoms. The van der Waals surface area contributed by atoms with Gasteiger partial charge in [0.05, 0.1) is 12.0 Å². The van der Waals surface area contributed by atoms with Crippen LogP contribution in [-0.2, 0) is 13.1 Å². The van der Waals surface area contributed by atoms with Gasteiger partial charge in [0.25, 0.3) is 0 Å². The van der Waals surface area contributed by atoms with Crippen molar-refractivity contribution in [2.24, 2.45) is 5.73 Å². The largest absolute Gasteiger partial charge is 0.336 e. The van der Waals surface area contributed by atoms with Gasteiger partial charge >= 0.3 is 0 Å². The van der Waals surface area contributed by atoms with Crippen LogP contribution in [0.2, 0.25) is 0 Å². The second-order valence-corrected chi connectivity index (χ2v) is 5.37. The molecule has 1 aromatic rings. The van der Waals surface area contributed by atoms with Gasteiger partial charge in [-0.05, 0) is 19.8 Å². The zero-order valence-electron chi connectivity index (χ0n) is 10.8. The Kier molecular flexibility index (Phi) is 4.18. The molecule has 0 bridgehead atoms. The predicted molar refractivity (Wildman–Crippen MR) is 69.6 cm³/mol. The van der Waals surface area contributed by atoms with Crippen LogP contribution in [0.1, 0.15) is 44.7 Å². The summed E-state index contributed by atoms with van der Waals surface area (Å²) < 4.78 is 2.06. The van der Waals surface area contributed by atoms with Crippen LogP contribution < -0.4 is 11.1 Å². The lowest BCUT2D eigenvalue weighted by atomic mass is 9.83. The van der Waals surface area contributed by atoms with E-state index >= 15 is 0 Å². The Labute approximate surface area is 104 Å². The third-order valence-corrected chi connectivity index (χ3v) is 3.73. The SMILES string of the molecule is CC1(NCc2cn(CCN)cn2)CCCCC1. The highest BCUT2D eigenvalue weighted by atomic mass is 15.1. The van der Waals surface area contributed by atoms with E-state index in [9.17, 15) is 0 Å². The lowest BCUT2D eigenvalue weighted by Gasteiger charge is -2.34. The van der Waals surface area contributed by atoms with E-state index in [1.807, 2.05) is 6.33 Å². The molecule has 1 saturated carbocycles. The van der Waals surface area contributed by atoms with Crippen LogP contribution >= 0.6 is 0 Å². The Hall–Kier alpha value is -0.870. The maximum Gasteiger partial charge on any atom is 0.0950 e. The van der Waals surface area contributed by atoms with Gasteiger partial charge in [0, 0.05) is 31.4 Å². The third kappa shape index (κ3) is 3.54. The first-order valence-electron chi connectivity index (χ1n) is 6.68. The van der Waals surface area contributed by atoms with Crippen molar-refractivity contribution in [3.63, 3.8) is 0 Å². The van der Waals surface area contributed by atoms with Crippen molar-refractivity contribution in [2.75, 3.05) is 6.54 Å². The van der Waals surface area contributed by atoms with E-state index in [2.05, 4.69) is 28.0 Å². The van der Waals surface area contributed by atoms with Crippen molar-refractivity contribution in [1.82, 2.24) is 14.9 Å². The number of nitrogens with zero attached hydrogens (tertiary/aromatic N) is 2. The Morgan fingerprint density at radius 1 is 1.41 bits per heavy atom. The summed E-state index contributed by atoms with van der Waals surface area (Å²) >= 11 is 0. The summed E-state index contributed by atoms with van der Waals surface area (Å²) in [4.78, 5) is 4.40. The number of rotatable bonds is 5. The fourth-order valence-electron chi connectivity index (χ4n) is 2.58. The highest BCUT2D eigenvalue weighted by Gasteiger charge is 2.25. The van der Waals surface area contributed by atoms with E-state index in [1.165, 1.54) is 32.1 Å². The second kappa shape index (κ2) is 5.65. The molecule has 0 atom stereocenters. The smallest absolute Gasteiger partial charge is 0.0950 e. The van der Waals surface area contributed by atoms with Crippen molar-refractivity contribution in [3.05, 3.63) is 18.2 Å². The molecule has 96 valence electrons. The number of hydrogen-bond donors (Lipinski definition) is 2. The van der Waals surface area contributed by atoms with Crippen LogP contribution in [0.25, 0.3) is 0 Å².